The van der Waals surface area contributed by atoms with Gasteiger partial charge in [-0.05, 0) is 96.7 Å². The Kier molecular flexibility index (Phi) is 18.8. The average Bonchev–Trinajstić information content (AvgIpc) is 3.25. The number of benzene rings is 2. The number of ether oxygens (including phenoxy) is 2. The molecule has 0 aromatic heterocycles. The zero-order valence-corrected chi connectivity index (χ0v) is 34.9. The van der Waals surface area contributed by atoms with Gasteiger partial charge in [0.2, 0.25) is 0 Å². The van der Waals surface area contributed by atoms with E-state index in [1.54, 1.807) is 24.3 Å². The summed E-state index contributed by atoms with van der Waals surface area (Å²) < 4.78 is 105. The molecule has 2 fully saturated rings. The molecule has 9 nitrogen and oxygen atoms in total. The van der Waals surface area contributed by atoms with E-state index in [1.807, 2.05) is 55.4 Å². The van der Waals surface area contributed by atoms with Crippen molar-refractivity contribution in [1.82, 2.24) is 0 Å². The molecule has 0 radical (unpaired) electrons. The van der Waals surface area contributed by atoms with E-state index in [0.29, 0.717) is 0 Å². The third kappa shape index (κ3) is 15.4. The van der Waals surface area contributed by atoms with Crippen molar-refractivity contribution in [3.05, 3.63) is 48.5 Å². The van der Waals surface area contributed by atoms with Crippen molar-refractivity contribution in [2.24, 2.45) is 0 Å². The predicted molar refractivity (Wildman–Crippen MR) is 153 cm³/mol. The molecule has 0 N–H and O–H groups in total. The van der Waals surface area contributed by atoms with Gasteiger partial charge in [0.15, 0.2) is 13.2 Å². The summed E-state index contributed by atoms with van der Waals surface area (Å²) in [7, 11) is -1.07. The van der Waals surface area contributed by atoms with Gasteiger partial charge in [0.25, 0.3) is 0 Å². The van der Waals surface area contributed by atoms with E-state index in [4.69, 9.17) is 33.6 Å². The zero-order chi connectivity index (χ0) is 35.4. The van der Waals surface area contributed by atoms with Crippen LogP contribution >= 0.6 is 0 Å². The molecule has 0 amide bonds. The Balaban J connectivity index is 0.000000798. The Bertz CT molecular complexity index is 1160. The van der Waals surface area contributed by atoms with Gasteiger partial charge >= 0.3 is 129 Å². The number of carbonyl (C=O) groups excluding carboxylic acids is 1. The molecule has 2 aliphatic heterocycles. The quantitative estimate of drug-likeness (QED) is 0.233. The van der Waals surface area contributed by atoms with Crippen molar-refractivity contribution in [1.29, 1.82) is 0 Å². The summed E-state index contributed by atoms with van der Waals surface area (Å²) in [4.78, 5) is 8.33. The van der Waals surface area contributed by atoms with Gasteiger partial charge in [0.1, 0.15) is 11.5 Å². The second-order valence-electron chi connectivity index (χ2n) is 12.4. The van der Waals surface area contributed by atoms with E-state index < -0.39 is 68.4 Å². The van der Waals surface area contributed by atoms with Gasteiger partial charge in [-0.25, -0.2) is 0 Å². The molecule has 0 saturated carbocycles. The van der Waals surface area contributed by atoms with E-state index in [0.717, 1.165) is 10.9 Å². The Morgan fingerprint density at radius 3 is 0.979 bits per heavy atom. The van der Waals surface area contributed by atoms with Crippen LogP contribution in [0.5, 0.6) is 11.5 Å². The third-order valence-corrected chi connectivity index (χ3v) is 7.62. The number of rotatable bonds is 6. The molecule has 0 aliphatic carbocycles. The summed E-state index contributed by atoms with van der Waals surface area (Å²) in [6.45, 7) is 12.9. The smallest absolute Gasteiger partial charge is 0.652 e. The van der Waals surface area contributed by atoms with Crippen LogP contribution in [0.2, 0.25) is 0 Å². The van der Waals surface area contributed by atoms with Crippen molar-refractivity contribution < 1.29 is 172 Å². The first-order chi connectivity index (χ1) is 20.7. The molecule has 256 valence electrons. The second-order valence-corrected chi connectivity index (χ2v) is 12.4. The number of hydrogen-bond donors (Lipinski definition) is 0. The zero-order valence-electron chi connectivity index (χ0n) is 28.6. The largest absolute Gasteiger partial charge is 1.00 e. The summed E-state index contributed by atoms with van der Waals surface area (Å²) in [6, 6.07) is 12.5. The topological polar surface area (TPSA) is 119 Å². The molecule has 2 aromatic carbocycles. The summed E-state index contributed by atoms with van der Waals surface area (Å²) in [5.74, 6) is 0.320. The van der Waals surface area contributed by atoms with Crippen LogP contribution in [0.15, 0.2) is 48.5 Å². The fourth-order valence-electron chi connectivity index (χ4n) is 3.73. The minimum absolute atomic E-state index is 0. The average molecular weight is 742 g/mol. The first-order valence-corrected chi connectivity index (χ1v) is 13.9. The maximum atomic E-state index is 12.1. The van der Waals surface area contributed by atoms with Crippen molar-refractivity contribution in [2.75, 3.05) is 13.2 Å². The Labute approximate surface area is 362 Å². The Morgan fingerprint density at radius 2 is 0.792 bits per heavy atom. The maximum Gasteiger partial charge on any atom is 1.00 e. The van der Waals surface area contributed by atoms with Crippen LogP contribution in [0.1, 0.15) is 55.4 Å². The summed E-state index contributed by atoms with van der Waals surface area (Å²) in [6.07, 6.45) is -11.0. The monoisotopic (exact) mass is 742 g/mol. The number of alkyl halides is 6. The molecule has 4 rings (SSSR count). The van der Waals surface area contributed by atoms with E-state index in [2.05, 4.69) is 9.47 Å². The van der Waals surface area contributed by atoms with Crippen LogP contribution in [0.4, 0.5) is 31.1 Å². The standard InChI is InChI=1S/2C14H18BF3O3.CH2O3.2K/c2*1-12(2)13(3,4)21-15(20-12)10-5-7-11(8-6-10)19-9-14(16,17)18;2-1(3)4;;/h2*5-8H,9H2,1-4H3;(H2,2,3,4);;/q;;;2*+1/p-2. The van der Waals surface area contributed by atoms with Gasteiger partial charge in [0, 0.05) is 0 Å². The van der Waals surface area contributed by atoms with Crippen molar-refractivity contribution in [2.45, 2.75) is 90.1 Å². The van der Waals surface area contributed by atoms with Crippen LogP contribution in [-0.2, 0) is 18.6 Å². The molecule has 0 bridgehead atoms. The Hall–Kier alpha value is 0.133. The molecule has 48 heavy (non-hydrogen) atoms. The van der Waals surface area contributed by atoms with E-state index >= 15 is 0 Å². The molecule has 2 saturated heterocycles. The van der Waals surface area contributed by atoms with Crippen LogP contribution in [0, 0.1) is 0 Å². The maximum absolute atomic E-state index is 12.1. The van der Waals surface area contributed by atoms with Crippen LogP contribution < -0.4 is 133 Å². The molecular formula is C29H36B2F6K2O9. The molecule has 19 heteroatoms. The van der Waals surface area contributed by atoms with Crippen molar-refractivity contribution in [3.63, 3.8) is 0 Å². The van der Waals surface area contributed by atoms with Crippen molar-refractivity contribution >= 4 is 31.3 Å². The molecule has 0 atom stereocenters. The van der Waals surface area contributed by atoms with Crippen LogP contribution in [-0.4, -0.2) is 68.4 Å². The van der Waals surface area contributed by atoms with Crippen LogP contribution in [0.3, 0.4) is 0 Å². The SMILES string of the molecule is CC1(C)OB(c2ccc(OCC(F)(F)F)cc2)OC1(C)C.CC1(C)OB(c2ccc(OCC(F)(F)F)cc2)OC1(C)C.O=C([O-])[O-].[K+].[K+]. The van der Waals surface area contributed by atoms with E-state index in [1.165, 1.54) is 24.3 Å². The Morgan fingerprint density at radius 1 is 0.583 bits per heavy atom. The third-order valence-electron chi connectivity index (χ3n) is 7.62. The summed E-state index contributed by atoms with van der Waals surface area (Å²) in [5, 5.41) is 16.7. The van der Waals surface area contributed by atoms with Gasteiger partial charge in [-0.1, -0.05) is 24.3 Å². The molecule has 2 aliphatic rings. The first-order valence-electron chi connectivity index (χ1n) is 13.9. The summed E-state index contributed by atoms with van der Waals surface area (Å²) in [5.41, 5.74) is -0.334. The van der Waals surface area contributed by atoms with Crippen LogP contribution in [0.25, 0.3) is 0 Å². The fourth-order valence-corrected chi connectivity index (χ4v) is 3.73. The minimum atomic E-state index is -4.34. The van der Waals surface area contributed by atoms with Gasteiger partial charge < -0.3 is 43.1 Å². The second kappa shape index (κ2) is 18.8. The van der Waals surface area contributed by atoms with E-state index in [9.17, 15) is 26.3 Å². The molecule has 0 spiro atoms. The molecule has 0 unspecified atom stereocenters. The molecule has 2 heterocycles. The predicted octanol–water partition coefficient (Wildman–Crippen LogP) is -2.59. The minimum Gasteiger partial charge on any atom is -0.652 e. The number of halogens is 6. The number of carboxylic acid groups (broad SMARTS) is 2. The number of carbonyl (C=O) groups is 1. The molecule has 2 aromatic rings. The van der Waals surface area contributed by atoms with Gasteiger partial charge in [-0.3, -0.25) is 0 Å². The van der Waals surface area contributed by atoms with Gasteiger partial charge in [-0.15, -0.1) is 0 Å². The van der Waals surface area contributed by atoms with Gasteiger partial charge in [-0.2, -0.15) is 26.3 Å². The summed E-state index contributed by atoms with van der Waals surface area (Å²) >= 11 is 0. The number of hydrogen-bond acceptors (Lipinski definition) is 9. The van der Waals surface area contributed by atoms with E-state index in [-0.39, 0.29) is 114 Å². The molecular weight excluding hydrogens is 706 g/mol. The van der Waals surface area contributed by atoms with Crippen molar-refractivity contribution in [3.8, 4) is 11.5 Å². The van der Waals surface area contributed by atoms with Gasteiger partial charge in [0.05, 0.1) is 22.4 Å². The normalized spacial score (nSPS) is 18.5. The first kappa shape index (κ1) is 48.1. The fraction of sp³-hybridized carbons (Fsp3) is 0.552.